The molecule has 0 aromatic carbocycles. The van der Waals surface area contributed by atoms with Crippen molar-refractivity contribution in [3.8, 4) is 0 Å². The van der Waals surface area contributed by atoms with Crippen LogP contribution in [-0.2, 0) is 14.3 Å². The van der Waals surface area contributed by atoms with Crippen LogP contribution in [0.5, 0.6) is 0 Å². The highest BCUT2D eigenvalue weighted by Gasteiger charge is 2.32. The normalized spacial score (nSPS) is 27.2. The third-order valence-corrected chi connectivity index (χ3v) is 1.83. The van der Waals surface area contributed by atoms with E-state index in [-0.39, 0.29) is 17.9 Å². The molecule has 2 saturated heterocycles. The van der Waals surface area contributed by atoms with Crippen LogP contribution in [0.1, 0.15) is 6.42 Å². The number of carbonyl (C=O) groups excluding carboxylic acids is 3. The predicted octanol–water partition coefficient (Wildman–Crippen LogP) is -0.973. The lowest BCUT2D eigenvalue weighted by Crippen LogP contribution is -2.22. The van der Waals surface area contributed by atoms with E-state index in [9.17, 15) is 14.4 Å². The van der Waals surface area contributed by atoms with E-state index < -0.39 is 17.9 Å². The second-order valence-electron chi connectivity index (χ2n) is 2.65. The zero-order valence-electron chi connectivity index (χ0n) is 6.55. The first-order valence-electron chi connectivity index (χ1n) is 3.71. The van der Waals surface area contributed by atoms with Crippen LogP contribution in [0, 0.1) is 0 Å². The standard InChI is InChI=1S/C7H6N2O4/c10-5-4(8-7(12)9-5)3-1-2-13-6(3)11/h1-2H2,(H2,8,9,10,12)/b4-3+. The van der Waals surface area contributed by atoms with Gasteiger partial charge >= 0.3 is 12.0 Å². The highest BCUT2D eigenvalue weighted by Crippen LogP contribution is 2.17. The number of cyclic esters (lactones) is 1. The summed E-state index contributed by atoms with van der Waals surface area (Å²) >= 11 is 0. The van der Waals surface area contributed by atoms with Gasteiger partial charge in [-0.15, -0.1) is 0 Å². The van der Waals surface area contributed by atoms with Crippen LogP contribution < -0.4 is 10.6 Å². The fourth-order valence-corrected chi connectivity index (χ4v) is 1.24. The van der Waals surface area contributed by atoms with Crippen molar-refractivity contribution in [2.24, 2.45) is 0 Å². The molecular weight excluding hydrogens is 176 g/mol. The summed E-state index contributed by atoms with van der Waals surface area (Å²) in [6.07, 6.45) is 0.363. The van der Waals surface area contributed by atoms with Crippen LogP contribution in [0.15, 0.2) is 11.3 Å². The lowest BCUT2D eigenvalue weighted by molar-refractivity contribution is -0.135. The summed E-state index contributed by atoms with van der Waals surface area (Å²) in [4.78, 5) is 32.8. The zero-order chi connectivity index (χ0) is 9.42. The van der Waals surface area contributed by atoms with Gasteiger partial charge < -0.3 is 10.1 Å². The molecular formula is C7H6N2O4. The minimum atomic E-state index is -0.604. The second kappa shape index (κ2) is 2.58. The third kappa shape index (κ3) is 1.16. The molecule has 0 unspecified atom stereocenters. The van der Waals surface area contributed by atoms with E-state index in [0.29, 0.717) is 6.42 Å². The van der Waals surface area contributed by atoms with Crippen LogP contribution in [-0.4, -0.2) is 24.5 Å². The molecule has 2 fully saturated rings. The second-order valence-corrected chi connectivity index (χ2v) is 2.65. The fraction of sp³-hybridized carbons (Fsp3) is 0.286. The van der Waals surface area contributed by atoms with Crippen molar-refractivity contribution in [1.29, 1.82) is 0 Å². The maximum atomic E-state index is 11.1. The number of ether oxygens (including phenoxy) is 1. The van der Waals surface area contributed by atoms with Gasteiger partial charge in [-0.1, -0.05) is 0 Å². The topological polar surface area (TPSA) is 84.5 Å². The van der Waals surface area contributed by atoms with Crippen molar-refractivity contribution in [1.82, 2.24) is 10.6 Å². The average molecular weight is 182 g/mol. The van der Waals surface area contributed by atoms with Crippen molar-refractivity contribution in [2.45, 2.75) is 6.42 Å². The summed E-state index contributed by atoms with van der Waals surface area (Å²) in [5.41, 5.74) is 0.260. The van der Waals surface area contributed by atoms with Crippen molar-refractivity contribution >= 4 is 17.9 Å². The molecule has 2 aliphatic heterocycles. The number of urea groups is 1. The van der Waals surface area contributed by atoms with E-state index in [1.165, 1.54) is 0 Å². The number of esters is 1. The van der Waals surface area contributed by atoms with E-state index in [2.05, 4.69) is 10.1 Å². The molecule has 0 saturated carbocycles. The van der Waals surface area contributed by atoms with E-state index in [0.717, 1.165) is 0 Å². The molecule has 0 bridgehead atoms. The summed E-state index contributed by atoms with van der Waals surface area (Å²) < 4.78 is 4.63. The van der Waals surface area contributed by atoms with Crippen LogP contribution in [0.25, 0.3) is 0 Å². The number of rotatable bonds is 0. The van der Waals surface area contributed by atoms with Gasteiger partial charge in [0.25, 0.3) is 5.91 Å². The van der Waals surface area contributed by atoms with Gasteiger partial charge in [0.05, 0.1) is 12.2 Å². The lowest BCUT2D eigenvalue weighted by Gasteiger charge is -1.95. The first kappa shape index (κ1) is 7.78. The van der Waals surface area contributed by atoms with Gasteiger partial charge in [0.2, 0.25) is 0 Å². The van der Waals surface area contributed by atoms with E-state index in [1.807, 2.05) is 5.32 Å². The molecule has 0 aromatic heterocycles. The Kier molecular flexibility index (Phi) is 1.54. The number of carbonyl (C=O) groups is 3. The Morgan fingerprint density at radius 2 is 1.92 bits per heavy atom. The summed E-state index contributed by atoms with van der Waals surface area (Å²) in [7, 11) is 0. The van der Waals surface area contributed by atoms with Gasteiger partial charge in [0.1, 0.15) is 5.70 Å². The quantitative estimate of drug-likeness (QED) is 0.286. The minimum Gasteiger partial charge on any atom is -0.462 e. The maximum Gasteiger partial charge on any atom is 0.336 e. The Balaban J connectivity index is 2.38. The predicted molar refractivity (Wildman–Crippen MR) is 39.3 cm³/mol. The van der Waals surface area contributed by atoms with E-state index in [1.54, 1.807) is 0 Å². The molecule has 0 spiro atoms. The molecule has 2 heterocycles. The molecule has 6 nitrogen and oxygen atoms in total. The van der Waals surface area contributed by atoms with Gasteiger partial charge in [0.15, 0.2) is 0 Å². The minimum absolute atomic E-state index is 0.0208. The van der Waals surface area contributed by atoms with Crippen molar-refractivity contribution in [3.63, 3.8) is 0 Å². The van der Waals surface area contributed by atoms with Crippen molar-refractivity contribution < 1.29 is 19.1 Å². The Morgan fingerprint density at radius 1 is 1.15 bits per heavy atom. The SMILES string of the molecule is O=C1NC(=O)/C(=C2/CCOC2=O)N1. The van der Waals surface area contributed by atoms with Gasteiger partial charge in [-0.25, -0.2) is 9.59 Å². The molecule has 0 atom stereocenters. The number of hydrogen-bond donors (Lipinski definition) is 2. The van der Waals surface area contributed by atoms with Gasteiger partial charge in [-0.3, -0.25) is 10.1 Å². The summed E-state index contributed by atoms with van der Waals surface area (Å²) in [6.45, 7) is 0.265. The average Bonchev–Trinajstić information content (AvgIpc) is 2.58. The molecule has 6 heteroatoms. The Bertz CT molecular complexity index is 344. The van der Waals surface area contributed by atoms with Crippen LogP contribution >= 0.6 is 0 Å². The number of amides is 3. The first-order chi connectivity index (χ1) is 6.18. The Morgan fingerprint density at radius 3 is 2.38 bits per heavy atom. The van der Waals surface area contributed by atoms with Gasteiger partial charge in [-0.2, -0.15) is 0 Å². The highest BCUT2D eigenvalue weighted by molar-refractivity contribution is 6.15. The lowest BCUT2D eigenvalue weighted by atomic mass is 10.2. The number of hydrogen-bond acceptors (Lipinski definition) is 4. The molecule has 2 aliphatic rings. The molecule has 13 heavy (non-hydrogen) atoms. The summed E-state index contributed by atoms with van der Waals surface area (Å²) in [5.74, 6) is -1.11. The molecule has 68 valence electrons. The van der Waals surface area contributed by atoms with Crippen LogP contribution in [0.4, 0.5) is 4.79 Å². The monoisotopic (exact) mass is 182 g/mol. The Hall–Kier alpha value is -1.85. The summed E-state index contributed by atoms with van der Waals surface area (Å²) in [5, 5.41) is 4.26. The zero-order valence-corrected chi connectivity index (χ0v) is 6.55. The number of nitrogens with one attached hydrogen (secondary N) is 2. The van der Waals surface area contributed by atoms with E-state index >= 15 is 0 Å². The Labute approximate surface area is 72.9 Å². The van der Waals surface area contributed by atoms with Crippen molar-refractivity contribution in [3.05, 3.63) is 11.3 Å². The summed E-state index contributed by atoms with van der Waals surface area (Å²) in [6, 6.07) is -0.604. The third-order valence-electron chi connectivity index (χ3n) is 1.83. The molecule has 0 aromatic rings. The van der Waals surface area contributed by atoms with Crippen molar-refractivity contribution in [2.75, 3.05) is 6.61 Å². The maximum absolute atomic E-state index is 11.1. The molecule has 2 rings (SSSR count). The molecule has 0 aliphatic carbocycles. The highest BCUT2D eigenvalue weighted by atomic mass is 16.5. The van der Waals surface area contributed by atoms with E-state index in [4.69, 9.17) is 0 Å². The molecule has 2 N–H and O–H groups in total. The van der Waals surface area contributed by atoms with Crippen LogP contribution in [0.3, 0.4) is 0 Å². The van der Waals surface area contributed by atoms with Gasteiger partial charge in [0, 0.05) is 6.42 Å². The molecule has 0 radical (unpaired) electrons. The molecule has 3 amide bonds. The first-order valence-corrected chi connectivity index (χ1v) is 3.71. The van der Waals surface area contributed by atoms with Crippen LogP contribution in [0.2, 0.25) is 0 Å². The smallest absolute Gasteiger partial charge is 0.336 e. The fourth-order valence-electron chi connectivity index (χ4n) is 1.24. The van der Waals surface area contributed by atoms with Gasteiger partial charge in [-0.05, 0) is 0 Å². The number of imide groups is 1. The largest absolute Gasteiger partial charge is 0.462 e.